The maximum absolute atomic E-state index is 10.5. The molecule has 110 valence electrons. The normalized spacial score (nSPS) is 26.6. The molecule has 2 aliphatic heterocycles. The summed E-state index contributed by atoms with van der Waals surface area (Å²) in [6, 6.07) is 7.84. The highest BCUT2D eigenvalue weighted by molar-refractivity contribution is 5.37. The molecule has 1 aromatic carbocycles. The molecule has 1 aromatic rings. The molecule has 2 aliphatic rings. The van der Waals surface area contributed by atoms with Gasteiger partial charge in [-0.05, 0) is 39.0 Å². The summed E-state index contributed by atoms with van der Waals surface area (Å²) in [6.45, 7) is 5.07. The number of likely N-dealkylation sites (N-methyl/N-ethyl adjacent to an activating group) is 1. The molecule has 2 heterocycles. The number of para-hydroxylation sites is 1. The van der Waals surface area contributed by atoms with E-state index in [1.165, 1.54) is 25.9 Å². The van der Waals surface area contributed by atoms with Crippen molar-refractivity contribution in [2.24, 2.45) is 0 Å². The monoisotopic (exact) mass is 276 g/mol. The number of aliphatic hydroxyl groups is 1. The first-order chi connectivity index (χ1) is 9.75. The number of nitrogens with zero attached hydrogens (tertiary/aromatic N) is 2. The van der Waals surface area contributed by atoms with Crippen LogP contribution < -0.4 is 4.74 Å². The van der Waals surface area contributed by atoms with Crippen LogP contribution in [0.2, 0.25) is 0 Å². The lowest BCUT2D eigenvalue weighted by Gasteiger charge is -2.36. The second-order valence-electron chi connectivity index (χ2n) is 5.89. The number of hydrogen-bond acceptors (Lipinski definition) is 4. The minimum Gasteiger partial charge on any atom is -0.491 e. The van der Waals surface area contributed by atoms with Crippen LogP contribution >= 0.6 is 0 Å². The summed E-state index contributed by atoms with van der Waals surface area (Å²) in [6.07, 6.45) is 2.20. The van der Waals surface area contributed by atoms with Crippen LogP contribution in [0.15, 0.2) is 24.3 Å². The molecular weight excluding hydrogens is 252 g/mol. The van der Waals surface area contributed by atoms with E-state index in [1.54, 1.807) is 0 Å². The Morgan fingerprint density at radius 3 is 2.85 bits per heavy atom. The average Bonchev–Trinajstić information content (AvgIpc) is 2.99. The van der Waals surface area contributed by atoms with Gasteiger partial charge < -0.3 is 14.7 Å². The molecule has 0 saturated carbocycles. The molecule has 1 saturated heterocycles. The fraction of sp³-hybridized carbons (Fsp3) is 0.625. The van der Waals surface area contributed by atoms with Gasteiger partial charge in [0.15, 0.2) is 0 Å². The van der Waals surface area contributed by atoms with Gasteiger partial charge in [0.1, 0.15) is 18.5 Å². The molecule has 4 heteroatoms. The molecule has 0 amide bonds. The summed E-state index contributed by atoms with van der Waals surface area (Å²) in [5.41, 5.74) is 0.914. The first-order valence-corrected chi connectivity index (χ1v) is 7.58. The fourth-order valence-electron chi connectivity index (χ4n) is 3.17. The second kappa shape index (κ2) is 6.12. The Kier molecular flexibility index (Phi) is 4.24. The molecule has 0 spiro atoms. The Bertz CT molecular complexity index is 446. The molecular formula is C16H24N2O2. The lowest BCUT2D eigenvalue weighted by Crippen LogP contribution is -2.46. The summed E-state index contributed by atoms with van der Waals surface area (Å²) in [7, 11) is 2.08. The Morgan fingerprint density at radius 1 is 1.30 bits per heavy atom. The Balaban J connectivity index is 1.59. The summed E-state index contributed by atoms with van der Waals surface area (Å²) in [5, 5.41) is 10.5. The SMILES string of the molecule is CN(CCN1CCCC1)C1COc2ccccc2C1O. The van der Waals surface area contributed by atoms with Crippen molar-refractivity contribution >= 4 is 0 Å². The molecule has 0 radical (unpaired) electrons. The van der Waals surface area contributed by atoms with Crippen molar-refractivity contribution in [3.63, 3.8) is 0 Å². The number of rotatable bonds is 4. The van der Waals surface area contributed by atoms with E-state index in [4.69, 9.17) is 4.74 Å². The van der Waals surface area contributed by atoms with E-state index in [0.29, 0.717) is 6.61 Å². The minimum absolute atomic E-state index is 0.0486. The number of hydrogen-bond donors (Lipinski definition) is 1. The zero-order valence-electron chi connectivity index (χ0n) is 12.2. The fourth-order valence-corrected chi connectivity index (χ4v) is 3.17. The molecule has 2 unspecified atom stereocenters. The molecule has 1 fully saturated rings. The molecule has 1 N–H and O–H groups in total. The predicted octanol–water partition coefficient (Wildman–Crippen LogP) is 1.51. The van der Waals surface area contributed by atoms with Crippen LogP contribution in [0.1, 0.15) is 24.5 Å². The minimum atomic E-state index is -0.455. The number of benzene rings is 1. The van der Waals surface area contributed by atoms with Crippen molar-refractivity contribution in [3.8, 4) is 5.75 Å². The molecule has 3 rings (SSSR count). The van der Waals surface area contributed by atoms with E-state index in [0.717, 1.165) is 24.4 Å². The third-order valence-electron chi connectivity index (χ3n) is 4.55. The van der Waals surface area contributed by atoms with Crippen LogP contribution in [0, 0.1) is 0 Å². The van der Waals surface area contributed by atoms with Crippen molar-refractivity contribution in [2.45, 2.75) is 25.0 Å². The maximum atomic E-state index is 10.5. The van der Waals surface area contributed by atoms with Gasteiger partial charge in [-0.15, -0.1) is 0 Å². The maximum Gasteiger partial charge on any atom is 0.125 e. The van der Waals surface area contributed by atoms with Gasteiger partial charge in [0.25, 0.3) is 0 Å². The Labute approximate surface area is 120 Å². The quantitative estimate of drug-likeness (QED) is 0.904. The molecule has 4 nitrogen and oxygen atoms in total. The van der Waals surface area contributed by atoms with Crippen molar-refractivity contribution in [2.75, 3.05) is 39.8 Å². The van der Waals surface area contributed by atoms with Crippen LogP contribution in [0.25, 0.3) is 0 Å². The van der Waals surface area contributed by atoms with Gasteiger partial charge in [0, 0.05) is 18.7 Å². The third kappa shape index (κ3) is 2.82. The van der Waals surface area contributed by atoms with Crippen LogP contribution in [0.4, 0.5) is 0 Å². The largest absolute Gasteiger partial charge is 0.491 e. The van der Waals surface area contributed by atoms with Gasteiger partial charge in [-0.25, -0.2) is 0 Å². The van der Waals surface area contributed by atoms with E-state index >= 15 is 0 Å². The highest BCUT2D eigenvalue weighted by Gasteiger charge is 2.32. The Hall–Kier alpha value is -1.10. The number of ether oxygens (including phenoxy) is 1. The molecule has 0 bridgehead atoms. The molecule has 2 atom stereocenters. The first-order valence-electron chi connectivity index (χ1n) is 7.58. The van der Waals surface area contributed by atoms with E-state index in [9.17, 15) is 5.11 Å². The number of likely N-dealkylation sites (tertiary alicyclic amines) is 1. The van der Waals surface area contributed by atoms with Crippen LogP contribution in [0.3, 0.4) is 0 Å². The zero-order valence-corrected chi connectivity index (χ0v) is 12.2. The summed E-state index contributed by atoms with van der Waals surface area (Å²) in [4.78, 5) is 4.74. The van der Waals surface area contributed by atoms with Crippen LogP contribution in [-0.4, -0.2) is 60.8 Å². The molecule has 20 heavy (non-hydrogen) atoms. The summed E-state index contributed by atoms with van der Waals surface area (Å²) in [5.74, 6) is 0.823. The van der Waals surface area contributed by atoms with Crippen molar-refractivity contribution in [1.82, 2.24) is 9.80 Å². The standard InChI is InChI=1S/C16H24N2O2/c1-17(10-11-18-8-4-5-9-18)14-12-20-15-7-3-2-6-13(15)16(14)19/h2-3,6-7,14,16,19H,4-5,8-12H2,1H3. The van der Waals surface area contributed by atoms with Gasteiger partial charge in [0.05, 0.1) is 6.04 Å². The lowest BCUT2D eigenvalue weighted by atomic mass is 9.98. The second-order valence-corrected chi connectivity index (χ2v) is 5.89. The topological polar surface area (TPSA) is 35.9 Å². The van der Waals surface area contributed by atoms with E-state index in [-0.39, 0.29) is 6.04 Å². The first kappa shape index (κ1) is 13.9. The Morgan fingerprint density at radius 2 is 2.05 bits per heavy atom. The van der Waals surface area contributed by atoms with Crippen LogP contribution in [0.5, 0.6) is 5.75 Å². The van der Waals surface area contributed by atoms with Crippen LogP contribution in [-0.2, 0) is 0 Å². The molecule has 0 aromatic heterocycles. The molecule has 0 aliphatic carbocycles. The number of fused-ring (bicyclic) bond motifs is 1. The van der Waals surface area contributed by atoms with Gasteiger partial charge >= 0.3 is 0 Å². The zero-order chi connectivity index (χ0) is 13.9. The summed E-state index contributed by atoms with van der Waals surface area (Å²) < 4.78 is 5.78. The lowest BCUT2D eigenvalue weighted by molar-refractivity contribution is 0.0125. The van der Waals surface area contributed by atoms with Gasteiger partial charge in [-0.3, -0.25) is 4.90 Å². The number of aliphatic hydroxyl groups excluding tert-OH is 1. The predicted molar refractivity (Wildman–Crippen MR) is 79.0 cm³/mol. The van der Waals surface area contributed by atoms with E-state index in [1.807, 2.05) is 24.3 Å². The van der Waals surface area contributed by atoms with Crippen molar-refractivity contribution < 1.29 is 9.84 Å². The highest BCUT2D eigenvalue weighted by Crippen LogP contribution is 2.33. The van der Waals surface area contributed by atoms with Gasteiger partial charge in [-0.2, -0.15) is 0 Å². The summed E-state index contributed by atoms with van der Waals surface area (Å²) >= 11 is 0. The van der Waals surface area contributed by atoms with Gasteiger partial charge in [-0.1, -0.05) is 18.2 Å². The van der Waals surface area contributed by atoms with Gasteiger partial charge in [0.2, 0.25) is 0 Å². The van der Waals surface area contributed by atoms with Crippen molar-refractivity contribution in [3.05, 3.63) is 29.8 Å². The van der Waals surface area contributed by atoms with Crippen molar-refractivity contribution in [1.29, 1.82) is 0 Å². The highest BCUT2D eigenvalue weighted by atomic mass is 16.5. The average molecular weight is 276 g/mol. The smallest absolute Gasteiger partial charge is 0.125 e. The van der Waals surface area contributed by atoms with E-state index < -0.39 is 6.10 Å². The van der Waals surface area contributed by atoms with E-state index in [2.05, 4.69) is 16.8 Å². The third-order valence-corrected chi connectivity index (χ3v) is 4.55.